The van der Waals surface area contributed by atoms with E-state index in [1.807, 2.05) is 0 Å². The minimum atomic E-state index is -1.63. The number of hydrogen-bond acceptors (Lipinski definition) is 5. The van der Waals surface area contributed by atoms with Crippen LogP contribution >= 0.6 is 0 Å². The highest BCUT2D eigenvalue weighted by molar-refractivity contribution is 6.03. The second-order valence-electron chi connectivity index (χ2n) is 9.18. The first-order valence-electron chi connectivity index (χ1n) is 11.7. The number of aromatic nitrogens is 5. The topological polar surface area (TPSA) is 121 Å². The molecule has 2 unspecified atom stereocenters. The molecule has 0 spiro atoms. The monoisotopic (exact) mass is 511 g/mol. The van der Waals surface area contributed by atoms with E-state index in [-0.39, 0.29) is 43.0 Å². The summed E-state index contributed by atoms with van der Waals surface area (Å²) in [5.41, 5.74) is 7.83. The number of fused-ring (bicyclic) bond motifs is 1. The molecule has 4 aromatic rings. The van der Waals surface area contributed by atoms with Crippen molar-refractivity contribution in [3.63, 3.8) is 0 Å². The van der Waals surface area contributed by atoms with Crippen LogP contribution in [0.25, 0.3) is 22.2 Å². The minimum Gasteiger partial charge on any atom is -0.368 e. The van der Waals surface area contributed by atoms with Crippen LogP contribution in [-0.2, 0) is 24.9 Å². The molecule has 3 aromatic heterocycles. The molecule has 192 valence electrons. The van der Waals surface area contributed by atoms with Crippen molar-refractivity contribution >= 4 is 22.8 Å². The maximum absolute atomic E-state index is 14.3. The van der Waals surface area contributed by atoms with Crippen LogP contribution in [0, 0.1) is 5.82 Å². The maximum atomic E-state index is 14.3. The van der Waals surface area contributed by atoms with Crippen LogP contribution in [0.3, 0.4) is 0 Å². The van der Waals surface area contributed by atoms with E-state index in [9.17, 15) is 22.8 Å². The summed E-state index contributed by atoms with van der Waals surface area (Å²) in [5.74, 6) is -2.06. The van der Waals surface area contributed by atoms with Gasteiger partial charge in [0, 0.05) is 37.5 Å². The van der Waals surface area contributed by atoms with Crippen LogP contribution in [0.4, 0.5) is 13.2 Å². The number of hydrogen-bond donors (Lipinski definition) is 2. The average molecular weight is 512 g/mol. The minimum absolute atomic E-state index is 0.00553. The highest BCUT2D eigenvalue weighted by Crippen LogP contribution is 2.39. The molecule has 2 amide bonds. The zero-order valence-corrected chi connectivity index (χ0v) is 19.9. The summed E-state index contributed by atoms with van der Waals surface area (Å²) < 4.78 is 45.2. The SMILES string of the molecule is Cn1cc(-c2cc(F)cc(CNC(=O)c3nccc4nc(C5CC(F)C(F)C5)n(CC(N)=O)c34)c2)cn1. The zero-order chi connectivity index (χ0) is 26.3. The number of alkyl halides is 2. The van der Waals surface area contributed by atoms with E-state index in [0.717, 1.165) is 5.56 Å². The van der Waals surface area contributed by atoms with Gasteiger partial charge in [0.15, 0.2) is 5.69 Å². The lowest BCUT2D eigenvalue weighted by atomic mass is 10.1. The van der Waals surface area contributed by atoms with Crippen LogP contribution < -0.4 is 11.1 Å². The number of pyridine rings is 1. The van der Waals surface area contributed by atoms with Crippen molar-refractivity contribution in [2.45, 2.75) is 44.2 Å². The molecule has 2 atom stereocenters. The zero-order valence-electron chi connectivity index (χ0n) is 19.9. The third-order valence-electron chi connectivity index (χ3n) is 6.44. The Morgan fingerprint density at radius 2 is 1.92 bits per heavy atom. The molecular weight excluding hydrogens is 487 g/mol. The number of nitrogens with two attached hydrogens (primary N) is 1. The highest BCUT2D eigenvalue weighted by Gasteiger charge is 2.38. The Bertz CT molecular complexity index is 1490. The largest absolute Gasteiger partial charge is 0.368 e. The number of amides is 2. The van der Waals surface area contributed by atoms with Gasteiger partial charge in [0.05, 0.1) is 11.7 Å². The Morgan fingerprint density at radius 3 is 2.59 bits per heavy atom. The number of imidazole rings is 1. The molecule has 37 heavy (non-hydrogen) atoms. The van der Waals surface area contributed by atoms with Crippen molar-refractivity contribution in [3.8, 4) is 11.1 Å². The van der Waals surface area contributed by atoms with E-state index < -0.39 is 35.9 Å². The van der Waals surface area contributed by atoms with Crippen molar-refractivity contribution in [1.82, 2.24) is 29.6 Å². The molecule has 1 fully saturated rings. The predicted molar refractivity (Wildman–Crippen MR) is 128 cm³/mol. The number of carbonyl (C=O) groups excluding carboxylic acids is 2. The van der Waals surface area contributed by atoms with Crippen LogP contribution in [0.2, 0.25) is 0 Å². The van der Waals surface area contributed by atoms with Gasteiger partial charge in [-0.05, 0) is 48.2 Å². The summed E-state index contributed by atoms with van der Waals surface area (Å²) in [4.78, 5) is 33.7. The van der Waals surface area contributed by atoms with Gasteiger partial charge in [0.2, 0.25) is 5.91 Å². The number of aryl methyl sites for hydroxylation is 1. The molecule has 0 radical (unpaired) electrons. The van der Waals surface area contributed by atoms with Gasteiger partial charge in [-0.2, -0.15) is 5.10 Å². The van der Waals surface area contributed by atoms with Gasteiger partial charge in [-0.1, -0.05) is 0 Å². The third kappa shape index (κ3) is 4.91. The predicted octanol–water partition coefficient (Wildman–Crippen LogP) is 2.94. The van der Waals surface area contributed by atoms with Crippen molar-refractivity contribution < 1.29 is 22.8 Å². The standard InChI is InChI=1S/C25H24F3N7O2/c1-34-11-16(10-32-34)14-4-13(5-17(26)6-14)9-31-25(37)22-23-20(2-3-30-22)33-24(35(23)12-21(29)36)15-7-18(27)19(28)8-15/h2-6,10-11,15,18-19H,7-9,12H2,1H3,(H2,29,36)(H,31,37). The Labute approximate surface area is 209 Å². The summed E-state index contributed by atoms with van der Waals surface area (Å²) in [7, 11) is 1.75. The smallest absolute Gasteiger partial charge is 0.272 e. The Hall–Kier alpha value is -4.22. The molecule has 3 N–H and O–H groups in total. The van der Waals surface area contributed by atoms with E-state index >= 15 is 0 Å². The second kappa shape index (κ2) is 9.68. The molecule has 0 saturated heterocycles. The summed E-state index contributed by atoms with van der Waals surface area (Å²) in [6.07, 6.45) is 1.31. The van der Waals surface area contributed by atoms with Crippen molar-refractivity contribution in [3.05, 3.63) is 65.8 Å². The van der Waals surface area contributed by atoms with Crippen molar-refractivity contribution in [1.29, 1.82) is 0 Å². The van der Waals surface area contributed by atoms with Crippen LogP contribution in [0.15, 0.2) is 42.9 Å². The molecular formula is C25H24F3N7O2. The van der Waals surface area contributed by atoms with Crippen LogP contribution in [0.5, 0.6) is 0 Å². The summed E-state index contributed by atoms with van der Waals surface area (Å²) >= 11 is 0. The molecule has 0 aliphatic heterocycles. The molecule has 5 rings (SSSR count). The van der Waals surface area contributed by atoms with Gasteiger partial charge in [-0.15, -0.1) is 0 Å². The lowest BCUT2D eigenvalue weighted by Gasteiger charge is -2.13. The fraction of sp³-hybridized carbons (Fsp3) is 0.320. The molecule has 3 heterocycles. The van der Waals surface area contributed by atoms with E-state index in [1.165, 1.54) is 22.9 Å². The number of halogens is 3. The van der Waals surface area contributed by atoms with E-state index in [2.05, 4.69) is 20.4 Å². The first-order chi connectivity index (χ1) is 17.7. The summed E-state index contributed by atoms with van der Waals surface area (Å²) in [5, 5.41) is 6.82. The van der Waals surface area contributed by atoms with Crippen LogP contribution in [0.1, 0.15) is 40.6 Å². The normalized spacial score (nSPS) is 19.4. The van der Waals surface area contributed by atoms with Crippen molar-refractivity contribution in [2.24, 2.45) is 12.8 Å². The van der Waals surface area contributed by atoms with Crippen molar-refractivity contribution in [2.75, 3.05) is 0 Å². The number of primary amides is 1. The number of carbonyl (C=O) groups is 2. The lowest BCUT2D eigenvalue weighted by Crippen LogP contribution is -2.26. The molecule has 1 aliphatic carbocycles. The number of nitrogens with zero attached hydrogens (tertiary/aromatic N) is 5. The van der Waals surface area contributed by atoms with Gasteiger partial charge in [-0.3, -0.25) is 14.3 Å². The third-order valence-corrected chi connectivity index (χ3v) is 6.44. The number of nitrogens with one attached hydrogen (secondary N) is 1. The van der Waals surface area contributed by atoms with E-state index in [1.54, 1.807) is 36.3 Å². The molecule has 12 heteroatoms. The Kier molecular flexibility index (Phi) is 6.40. The first kappa shape index (κ1) is 24.5. The Morgan fingerprint density at radius 1 is 1.16 bits per heavy atom. The number of rotatable bonds is 7. The molecule has 1 aliphatic rings. The average Bonchev–Trinajstić information content (AvgIpc) is 3.54. The van der Waals surface area contributed by atoms with Gasteiger partial charge < -0.3 is 15.6 Å². The Balaban J connectivity index is 1.45. The lowest BCUT2D eigenvalue weighted by molar-refractivity contribution is -0.118. The molecule has 0 bridgehead atoms. The highest BCUT2D eigenvalue weighted by atomic mass is 19.2. The van der Waals surface area contributed by atoms with E-state index in [4.69, 9.17) is 5.73 Å². The van der Waals surface area contributed by atoms with Gasteiger partial charge in [0.1, 0.15) is 36.0 Å². The second-order valence-corrected chi connectivity index (χ2v) is 9.18. The van der Waals surface area contributed by atoms with Gasteiger partial charge >= 0.3 is 0 Å². The molecule has 1 saturated carbocycles. The van der Waals surface area contributed by atoms with Crippen LogP contribution in [-0.4, -0.2) is 48.5 Å². The van der Waals surface area contributed by atoms with Gasteiger partial charge in [0.25, 0.3) is 5.91 Å². The molecule has 9 nitrogen and oxygen atoms in total. The summed E-state index contributed by atoms with van der Waals surface area (Å²) in [6.45, 7) is -0.338. The fourth-order valence-corrected chi connectivity index (χ4v) is 4.79. The fourth-order valence-electron chi connectivity index (χ4n) is 4.79. The molecule has 1 aromatic carbocycles. The first-order valence-corrected chi connectivity index (χ1v) is 11.7. The van der Waals surface area contributed by atoms with E-state index in [0.29, 0.717) is 16.6 Å². The van der Waals surface area contributed by atoms with Gasteiger partial charge in [-0.25, -0.2) is 23.1 Å². The maximum Gasteiger partial charge on any atom is 0.272 e. The quantitative estimate of drug-likeness (QED) is 0.395. The number of benzene rings is 1. The summed E-state index contributed by atoms with van der Waals surface area (Å²) in [6, 6.07) is 5.98.